The second-order valence-electron chi connectivity index (χ2n) is 8.96. The average Bonchev–Trinajstić information content (AvgIpc) is 3.14. The van der Waals surface area contributed by atoms with Crippen molar-refractivity contribution in [3.05, 3.63) is 18.2 Å². The van der Waals surface area contributed by atoms with Gasteiger partial charge in [0.2, 0.25) is 17.7 Å². The molecule has 0 bridgehead atoms. The zero-order valence-corrected chi connectivity index (χ0v) is 18.5. The molecule has 0 atom stereocenters. The van der Waals surface area contributed by atoms with Crippen LogP contribution in [0, 0.1) is 5.92 Å². The van der Waals surface area contributed by atoms with E-state index in [0.29, 0.717) is 31.0 Å². The predicted molar refractivity (Wildman–Crippen MR) is 121 cm³/mol. The van der Waals surface area contributed by atoms with Gasteiger partial charge < -0.3 is 15.1 Å². The molecule has 0 aliphatic carbocycles. The molecule has 32 heavy (non-hydrogen) atoms. The molecule has 2 aromatic rings. The van der Waals surface area contributed by atoms with Crippen LogP contribution in [0.15, 0.2) is 18.2 Å². The Labute approximate surface area is 187 Å². The number of piperazine rings is 1. The molecule has 1 N–H and O–H groups in total. The molecule has 1 aromatic heterocycles. The molecule has 3 saturated heterocycles. The van der Waals surface area contributed by atoms with E-state index in [-0.39, 0.29) is 17.7 Å². The average molecular weight is 439 g/mol. The third kappa shape index (κ3) is 3.74. The van der Waals surface area contributed by atoms with Gasteiger partial charge in [-0.2, -0.15) is 5.10 Å². The van der Waals surface area contributed by atoms with Crippen molar-refractivity contribution in [3.8, 4) is 0 Å². The van der Waals surface area contributed by atoms with Crippen LogP contribution in [0.5, 0.6) is 0 Å². The van der Waals surface area contributed by atoms with Crippen molar-refractivity contribution in [1.29, 1.82) is 0 Å². The Kier molecular flexibility index (Phi) is 5.58. The standard InChI is InChI=1S/C23H30N6O3/c1-26-19-15-17(5-6-18(19)22(25-26)29-20(30)3-2-4-21(29)31)27-11-13-28(14-12-27)23(32)16-7-9-24-10-8-16/h5-6,15-16,24H,2-4,7-14H2,1H3. The number of benzene rings is 1. The number of aromatic nitrogens is 2. The van der Waals surface area contributed by atoms with E-state index in [4.69, 9.17) is 0 Å². The SMILES string of the molecule is Cn1nc(N2C(=O)CCCC2=O)c2ccc(N3CCN(C(=O)C4CCNCC4)CC3)cc21. The topological polar surface area (TPSA) is 90.8 Å². The van der Waals surface area contributed by atoms with Crippen LogP contribution < -0.4 is 15.1 Å². The Morgan fingerprint density at radius 1 is 1.03 bits per heavy atom. The summed E-state index contributed by atoms with van der Waals surface area (Å²) in [4.78, 5) is 43.1. The molecule has 5 rings (SSSR count). The van der Waals surface area contributed by atoms with Crippen molar-refractivity contribution < 1.29 is 14.4 Å². The molecular formula is C23H30N6O3. The number of amides is 3. The summed E-state index contributed by atoms with van der Waals surface area (Å²) in [6, 6.07) is 6.04. The van der Waals surface area contributed by atoms with Crippen molar-refractivity contribution >= 4 is 40.1 Å². The number of imide groups is 1. The summed E-state index contributed by atoms with van der Waals surface area (Å²) in [6.45, 7) is 4.89. The number of piperidine rings is 2. The summed E-state index contributed by atoms with van der Waals surface area (Å²) in [5.74, 6) is 0.529. The highest BCUT2D eigenvalue weighted by molar-refractivity contribution is 6.19. The van der Waals surface area contributed by atoms with Gasteiger partial charge in [-0.15, -0.1) is 0 Å². The van der Waals surface area contributed by atoms with Crippen LogP contribution in [0.2, 0.25) is 0 Å². The fraction of sp³-hybridized carbons (Fsp3) is 0.565. The van der Waals surface area contributed by atoms with Gasteiger partial charge in [-0.1, -0.05) is 0 Å². The van der Waals surface area contributed by atoms with Crippen LogP contribution in [0.3, 0.4) is 0 Å². The van der Waals surface area contributed by atoms with Crippen LogP contribution in [-0.4, -0.2) is 71.7 Å². The van der Waals surface area contributed by atoms with E-state index < -0.39 is 0 Å². The summed E-state index contributed by atoms with van der Waals surface area (Å²) in [7, 11) is 1.84. The lowest BCUT2D eigenvalue weighted by atomic mass is 9.96. The lowest BCUT2D eigenvalue weighted by molar-refractivity contribution is -0.136. The zero-order valence-electron chi connectivity index (χ0n) is 18.5. The molecule has 3 amide bonds. The zero-order chi connectivity index (χ0) is 22.2. The van der Waals surface area contributed by atoms with Crippen LogP contribution >= 0.6 is 0 Å². The molecule has 4 heterocycles. The highest BCUT2D eigenvalue weighted by Crippen LogP contribution is 2.32. The Bertz CT molecular complexity index is 1030. The van der Waals surface area contributed by atoms with Gasteiger partial charge in [-0.3, -0.25) is 19.1 Å². The first-order valence-electron chi connectivity index (χ1n) is 11.6. The maximum atomic E-state index is 12.8. The van der Waals surface area contributed by atoms with Crippen molar-refractivity contribution in [2.24, 2.45) is 13.0 Å². The second-order valence-corrected chi connectivity index (χ2v) is 8.96. The number of nitrogens with one attached hydrogen (secondary N) is 1. The minimum Gasteiger partial charge on any atom is -0.368 e. The van der Waals surface area contributed by atoms with Gasteiger partial charge in [-0.05, 0) is 50.6 Å². The molecule has 170 valence electrons. The first-order valence-corrected chi connectivity index (χ1v) is 11.6. The molecule has 3 aliphatic rings. The summed E-state index contributed by atoms with van der Waals surface area (Å²) >= 11 is 0. The van der Waals surface area contributed by atoms with Gasteiger partial charge >= 0.3 is 0 Å². The number of nitrogens with zero attached hydrogens (tertiary/aromatic N) is 5. The van der Waals surface area contributed by atoms with E-state index in [1.807, 2.05) is 24.1 Å². The second kappa shape index (κ2) is 8.54. The van der Waals surface area contributed by atoms with E-state index >= 15 is 0 Å². The quantitative estimate of drug-likeness (QED) is 0.726. The van der Waals surface area contributed by atoms with Crippen molar-refractivity contribution in [2.45, 2.75) is 32.1 Å². The molecule has 9 nitrogen and oxygen atoms in total. The van der Waals surface area contributed by atoms with Crippen LogP contribution in [0.1, 0.15) is 32.1 Å². The van der Waals surface area contributed by atoms with Crippen LogP contribution in [-0.2, 0) is 21.4 Å². The van der Waals surface area contributed by atoms with Gasteiger partial charge in [-0.25, -0.2) is 4.90 Å². The Morgan fingerprint density at radius 3 is 2.41 bits per heavy atom. The number of hydrogen-bond acceptors (Lipinski definition) is 6. The fourth-order valence-corrected chi connectivity index (χ4v) is 5.09. The number of carbonyl (C=O) groups is 3. The van der Waals surface area contributed by atoms with E-state index in [1.54, 1.807) is 4.68 Å². The molecular weight excluding hydrogens is 408 g/mol. The van der Waals surface area contributed by atoms with E-state index in [2.05, 4.69) is 21.4 Å². The molecule has 0 saturated carbocycles. The Balaban J connectivity index is 1.32. The number of hydrogen-bond donors (Lipinski definition) is 1. The fourth-order valence-electron chi connectivity index (χ4n) is 5.09. The summed E-state index contributed by atoms with van der Waals surface area (Å²) < 4.78 is 1.74. The molecule has 3 fully saturated rings. The first-order chi connectivity index (χ1) is 15.5. The predicted octanol–water partition coefficient (Wildman–Crippen LogP) is 1.27. The third-order valence-electron chi connectivity index (χ3n) is 6.95. The van der Waals surface area contributed by atoms with Gasteiger partial charge in [0.05, 0.1) is 5.52 Å². The van der Waals surface area contributed by atoms with Gasteiger partial charge in [0.25, 0.3) is 0 Å². The minimum absolute atomic E-state index is 0.159. The van der Waals surface area contributed by atoms with Crippen LogP contribution in [0.25, 0.3) is 10.9 Å². The first kappa shape index (κ1) is 20.9. The normalized spacial score (nSPS) is 21.0. The highest BCUT2D eigenvalue weighted by atomic mass is 16.2. The van der Waals surface area contributed by atoms with E-state index in [0.717, 1.165) is 68.7 Å². The largest absolute Gasteiger partial charge is 0.368 e. The molecule has 3 aliphatic heterocycles. The number of anilines is 2. The maximum absolute atomic E-state index is 12.8. The molecule has 0 spiro atoms. The van der Waals surface area contributed by atoms with E-state index in [9.17, 15) is 14.4 Å². The summed E-state index contributed by atoms with van der Waals surface area (Å²) in [5.41, 5.74) is 1.95. The minimum atomic E-state index is -0.181. The molecule has 1 aromatic carbocycles. The Hall–Kier alpha value is -2.94. The van der Waals surface area contributed by atoms with Gasteiger partial charge in [0.1, 0.15) is 0 Å². The monoisotopic (exact) mass is 438 g/mol. The van der Waals surface area contributed by atoms with Crippen LogP contribution in [0.4, 0.5) is 11.5 Å². The maximum Gasteiger partial charge on any atom is 0.235 e. The van der Waals surface area contributed by atoms with Crippen molar-refractivity contribution in [2.75, 3.05) is 49.1 Å². The van der Waals surface area contributed by atoms with E-state index in [1.165, 1.54) is 4.90 Å². The van der Waals surface area contributed by atoms with Crippen molar-refractivity contribution in [3.63, 3.8) is 0 Å². The van der Waals surface area contributed by atoms with Gasteiger partial charge in [0.15, 0.2) is 5.82 Å². The Morgan fingerprint density at radius 2 is 1.72 bits per heavy atom. The lowest BCUT2D eigenvalue weighted by Crippen LogP contribution is -2.51. The summed E-state index contributed by atoms with van der Waals surface area (Å²) in [5, 5.41) is 8.64. The number of fused-ring (bicyclic) bond motifs is 1. The highest BCUT2D eigenvalue weighted by Gasteiger charge is 2.32. The molecule has 0 unspecified atom stereocenters. The third-order valence-corrected chi connectivity index (χ3v) is 6.95. The van der Waals surface area contributed by atoms with Gasteiger partial charge in [0, 0.05) is 63.1 Å². The number of aryl methyl sites for hydroxylation is 1. The smallest absolute Gasteiger partial charge is 0.235 e. The molecule has 9 heteroatoms. The molecule has 0 radical (unpaired) electrons. The number of rotatable bonds is 3. The van der Waals surface area contributed by atoms with Crippen molar-refractivity contribution in [1.82, 2.24) is 20.0 Å². The summed E-state index contributed by atoms with van der Waals surface area (Å²) in [6.07, 6.45) is 3.22. The lowest BCUT2D eigenvalue weighted by Gasteiger charge is -2.38. The number of carbonyl (C=O) groups excluding carboxylic acids is 3.